The third-order valence-electron chi connectivity index (χ3n) is 4.31. The molecule has 0 aromatic heterocycles. The summed E-state index contributed by atoms with van der Waals surface area (Å²) in [6, 6.07) is 11.5. The molecule has 0 spiro atoms. The average molecular weight is 321 g/mol. The third-order valence-corrected chi connectivity index (χ3v) is 5.36. The summed E-state index contributed by atoms with van der Waals surface area (Å²) >= 11 is 1.93. The Bertz CT molecular complexity index is 452. The fourth-order valence-electron chi connectivity index (χ4n) is 2.90. The van der Waals surface area contributed by atoms with Gasteiger partial charge in [0.05, 0.1) is 0 Å². The highest BCUT2D eigenvalue weighted by molar-refractivity contribution is 7.99. The molecule has 0 unspecified atom stereocenters. The number of benzene rings is 1. The van der Waals surface area contributed by atoms with Crippen molar-refractivity contribution in [3.63, 3.8) is 0 Å². The minimum absolute atomic E-state index is 0.180. The summed E-state index contributed by atoms with van der Waals surface area (Å²) < 4.78 is 0. The first-order chi connectivity index (χ1) is 10.7. The fourth-order valence-corrected chi connectivity index (χ4v) is 3.95. The minimum Gasteiger partial charge on any atom is -0.352 e. The van der Waals surface area contributed by atoms with Crippen molar-refractivity contribution in [2.45, 2.75) is 56.5 Å². The number of carbonyl (C=O) groups excluding carboxylic acids is 1. The van der Waals surface area contributed by atoms with E-state index in [-0.39, 0.29) is 5.91 Å². The van der Waals surface area contributed by atoms with Crippen molar-refractivity contribution < 1.29 is 4.79 Å². The summed E-state index contributed by atoms with van der Waals surface area (Å²) in [5.74, 6) is 1.33. The van der Waals surface area contributed by atoms with Crippen molar-refractivity contribution in [2.24, 2.45) is 0 Å². The number of nitrogens with zero attached hydrogens (tertiary/aromatic N) is 1. The Balaban J connectivity index is 1.72. The van der Waals surface area contributed by atoms with E-state index >= 15 is 0 Å². The number of hydrogen-bond acceptors (Lipinski definition) is 3. The van der Waals surface area contributed by atoms with Crippen molar-refractivity contribution in [2.75, 3.05) is 18.8 Å². The summed E-state index contributed by atoms with van der Waals surface area (Å²) in [6.07, 6.45) is 4.08. The van der Waals surface area contributed by atoms with Gasteiger partial charge >= 0.3 is 0 Å². The predicted molar refractivity (Wildman–Crippen MR) is 94.3 cm³/mol. The van der Waals surface area contributed by atoms with Gasteiger partial charge in [-0.3, -0.25) is 9.69 Å². The van der Waals surface area contributed by atoms with E-state index in [1.54, 1.807) is 0 Å². The second kappa shape index (κ2) is 9.21. The average Bonchev–Trinajstić information content (AvgIpc) is 2.56. The molecular formula is C18H28N2OS. The van der Waals surface area contributed by atoms with Gasteiger partial charge in [0.2, 0.25) is 5.91 Å². The Morgan fingerprint density at radius 2 is 2.18 bits per heavy atom. The molecule has 4 heteroatoms. The Morgan fingerprint density at radius 1 is 1.41 bits per heavy atom. The van der Waals surface area contributed by atoms with Crippen molar-refractivity contribution in [1.82, 2.24) is 10.2 Å². The second-order valence-electron chi connectivity index (χ2n) is 6.05. The van der Waals surface area contributed by atoms with Crippen LogP contribution in [0.4, 0.5) is 0 Å². The molecule has 0 radical (unpaired) electrons. The Morgan fingerprint density at radius 3 is 2.91 bits per heavy atom. The van der Waals surface area contributed by atoms with Crippen LogP contribution in [0.1, 0.15) is 39.5 Å². The number of rotatable bonds is 7. The monoisotopic (exact) mass is 320 g/mol. The largest absolute Gasteiger partial charge is 0.352 e. The lowest BCUT2D eigenvalue weighted by molar-refractivity contribution is -0.121. The molecule has 1 aromatic rings. The van der Waals surface area contributed by atoms with Crippen LogP contribution < -0.4 is 5.32 Å². The van der Waals surface area contributed by atoms with E-state index in [9.17, 15) is 4.79 Å². The molecule has 1 amide bonds. The van der Waals surface area contributed by atoms with Crippen LogP contribution >= 0.6 is 11.8 Å². The summed E-state index contributed by atoms with van der Waals surface area (Å²) in [5, 5.41) is 3.15. The molecule has 1 saturated heterocycles. The van der Waals surface area contributed by atoms with Gasteiger partial charge in [-0.15, -0.1) is 11.8 Å². The second-order valence-corrected chi connectivity index (χ2v) is 7.22. The van der Waals surface area contributed by atoms with Crippen molar-refractivity contribution in [3.05, 3.63) is 30.3 Å². The Kier molecular flexibility index (Phi) is 7.26. The molecule has 1 heterocycles. The van der Waals surface area contributed by atoms with Crippen LogP contribution in [-0.2, 0) is 4.79 Å². The van der Waals surface area contributed by atoms with Gasteiger partial charge in [0.1, 0.15) is 0 Å². The van der Waals surface area contributed by atoms with Crippen LogP contribution in [-0.4, -0.2) is 41.7 Å². The summed E-state index contributed by atoms with van der Waals surface area (Å²) in [7, 11) is 0. The normalized spacial score (nSPS) is 20.5. The highest BCUT2D eigenvalue weighted by Gasteiger charge is 2.24. The lowest BCUT2D eigenvalue weighted by atomic mass is 10.0. The standard InChI is InChI=1S/C18H28N2OS/c1-3-18(21)19-16-8-7-12-20(14-16)15(2)11-13-22-17-9-5-4-6-10-17/h4-6,9-10,15-16H,3,7-8,11-14H2,1-2H3,(H,19,21)/t15-,16-/m0/s1. The van der Waals surface area contributed by atoms with E-state index in [0.717, 1.165) is 25.3 Å². The minimum atomic E-state index is 0.180. The van der Waals surface area contributed by atoms with Crippen molar-refractivity contribution >= 4 is 17.7 Å². The number of nitrogens with one attached hydrogen (secondary N) is 1. The van der Waals surface area contributed by atoms with Crippen molar-refractivity contribution in [3.8, 4) is 0 Å². The van der Waals surface area contributed by atoms with E-state index in [1.807, 2.05) is 18.7 Å². The molecule has 1 N–H and O–H groups in total. The van der Waals surface area contributed by atoms with Crippen molar-refractivity contribution in [1.29, 1.82) is 0 Å². The number of hydrogen-bond donors (Lipinski definition) is 1. The van der Waals surface area contributed by atoms with Gasteiger partial charge in [0, 0.05) is 29.9 Å². The van der Waals surface area contributed by atoms with Crippen LogP contribution in [0.25, 0.3) is 0 Å². The maximum Gasteiger partial charge on any atom is 0.219 e. The van der Waals surface area contributed by atoms with E-state index < -0.39 is 0 Å². The highest BCUT2D eigenvalue weighted by Crippen LogP contribution is 2.21. The molecule has 2 rings (SSSR count). The van der Waals surface area contributed by atoms with E-state index in [0.29, 0.717) is 18.5 Å². The fraction of sp³-hybridized carbons (Fsp3) is 0.611. The summed E-state index contributed by atoms with van der Waals surface area (Å²) in [4.78, 5) is 15.4. The molecule has 22 heavy (non-hydrogen) atoms. The molecule has 0 bridgehead atoms. The molecular weight excluding hydrogens is 292 g/mol. The zero-order chi connectivity index (χ0) is 15.8. The topological polar surface area (TPSA) is 32.3 Å². The van der Waals surface area contributed by atoms with Gasteiger partial charge in [-0.25, -0.2) is 0 Å². The first-order valence-corrected chi connectivity index (χ1v) is 9.39. The third kappa shape index (κ3) is 5.65. The predicted octanol–water partition coefficient (Wildman–Crippen LogP) is 3.55. The van der Waals surface area contributed by atoms with Gasteiger partial charge in [-0.2, -0.15) is 0 Å². The molecule has 1 aliphatic rings. The summed E-state index contributed by atoms with van der Waals surface area (Å²) in [5.41, 5.74) is 0. The number of amides is 1. The zero-order valence-corrected chi connectivity index (χ0v) is 14.6. The van der Waals surface area contributed by atoms with E-state index in [2.05, 4.69) is 47.5 Å². The van der Waals surface area contributed by atoms with Crippen LogP contribution in [0, 0.1) is 0 Å². The summed E-state index contributed by atoms with van der Waals surface area (Å²) in [6.45, 7) is 6.40. The highest BCUT2D eigenvalue weighted by atomic mass is 32.2. The van der Waals surface area contributed by atoms with Gasteiger partial charge in [-0.1, -0.05) is 25.1 Å². The molecule has 0 aliphatic carbocycles. The quantitative estimate of drug-likeness (QED) is 0.780. The molecule has 1 fully saturated rings. The van der Waals surface area contributed by atoms with Crippen LogP contribution in [0.5, 0.6) is 0 Å². The number of carbonyl (C=O) groups is 1. The zero-order valence-electron chi connectivity index (χ0n) is 13.8. The maximum absolute atomic E-state index is 11.6. The number of likely N-dealkylation sites (tertiary alicyclic amines) is 1. The van der Waals surface area contributed by atoms with Gasteiger partial charge in [0.25, 0.3) is 0 Å². The molecule has 3 nitrogen and oxygen atoms in total. The SMILES string of the molecule is CCC(=O)N[C@H]1CCCN([C@@H](C)CCSc2ccccc2)C1. The Hall–Kier alpha value is -1.00. The molecule has 2 atom stereocenters. The van der Waals surface area contributed by atoms with Gasteiger partial charge in [0.15, 0.2) is 0 Å². The smallest absolute Gasteiger partial charge is 0.219 e. The van der Waals surface area contributed by atoms with Crippen LogP contribution in [0.2, 0.25) is 0 Å². The Labute approximate surface area is 138 Å². The number of thioether (sulfide) groups is 1. The van der Waals surface area contributed by atoms with Crippen LogP contribution in [0.15, 0.2) is 35.2 Å². The van der Waals surface area contributed by atoms with E-state index in [4.69, 9.17) is 0 Å². The maximum atomic E-state index is 11.6. The van der Waals surface area contributed by atoms with Crippen LogP contribution in [0.3, 0.4) is 0 Å². The lowest BCUT2D eigenvalue weighted by Crippen LogP contribution is -2.50. The van der Waals surface area contributed by atoms with Gasteiger partial charge < -0.3 is 5.32 Å². The molecule has 1 aliphatic heterocycles. The first-order valence-electron chi connectivity index (χ1n) is 8.40. The first kappa shape index (κ1) is 17.4. The van der Waals surface area contributed by atoms with E-state index in [1.165, 1.54) is 17.7 Å². The number of piperidine rings is 1. The molecule has 1 aromatic carbocycles. The van der Waals surface area contributed by atoms with Gasteiger partial charge in [-0.05, 0) is 50.6 Å². The lowest BCUT2D eigenvalue weighted by Gasteiger charge is -2.37. The molecule has 122 valence electrons. The molecule has 0 saturated carbocycles.